The molecule has 0 aliphatic carbocycles. The Morgan fingerprint density at radius 2 is 1.96 bits per heavy atom. The van der Waals surface area contributed by atoms with Crippen LogP contribution >= 0.6 is 24.0 Å². The van der Waals surface area contributed by atoms with Crippen LogP contribution in [-0.4, -0.2) is 42.1 Å². The molecule has 1 heterocycles. The Morgan fingerprint density at radius 3 is 2.57 bits per heavy atom. The van der Waals surface area contributed by atoms with Gasteiger partial charge in [0, 0.05) is 31.9 Å². The largest absolute Gasteiger partial charge is 0.484 e. The summed E-state index contributed by atoms with van der Waals surface area (Å²) in [4.78, 5) is 4.12. The molecule has 28 heavy (non-hydrogen) atoms. The molecule has 0 saturated heterocycles. The average molecular weight is 511 g/mol. The zero-order valence-corrected chi connectivity index (χ0v) is 18.3. The van der Waals surface area contributed by atoms with Crippen molar-refractivity contribution in [3.8, 4) is 5.75 Å². The minimum absolute atomic E-state index is 0. The fraction of sp³-hybridized carbons (Fsp3) is 0.444. The maximum absolute atomic E-state index is 12.4. The first-order valence-electron chi connectivity index (χ1n) is 8.49. The molecular weight excluding hydrogens is 486 g/mol. The molecule has 2 aromatic rings. The van der Waals surface area contributed by atoms with Crippen LogP contribution in [0, 0.1) is 13.8 Å². The van der Waals surface area contributed by atoms with Gasteiger partial charge in [-0.25, -0.2) is 0 Å². The number of guanidine groups is 1. The van der Waals surface area contributed by atoms with Crippen LogP contribution in [0.3, 0.4) is 0 Å². The number of nitrogens with zero attached hydrogens (tertiary/aromatic N) is 3. The van der Waals surface area contributed by atoms with Crippen molar-refractivity contribution in [1.82, 2.24) is 20.4 Å². The van der Waals surface area contributed by atoms with Gasteiger partial charge in [-0.3, -0.25) is 9.67 Å². The third-order valence-corrected chi connectivity index (χ3v) is 3.68. The van der Waals surface area contributed by atoms with E-state index >= 15 is 0 Å². The maximum atomic E-state index is 12.4. The van der Waals surface area contributed by atoms with Gasteiger partial charge in [-0.15, -0.1) is 24.0 Å². The van der Waals surface area contributed by atoms with Gasteiger partial charge in [0.25, 0.3) is 0 Å². The molecule has 1 aromatic heterocycles. The first-order chi connectivity index (χ1) is 12.8. The summed E-state index contributed by atoms with van der Waals surface area (Å²) in [6, 6.07) is 5.17. The molecule has 0 radical (unpaired) electrons. The number of alkyl halides is 3. The van der Waals surface area contributed by atoms with Crippen molar-refractivity contribution in [1.29, 1.82) is 0 Å². The Balaban J connectivity index is 0.00000392. The monoisotopic (exact) mass is 511 g/mol. The molecule has 0 unspecified atom stereocenters. The fourth-order valence-corrected chi connectivity index (χ4v) is 2.38. The quantitative estimate of drug-likeness (QED) is 0.340. The van der Waals surface area contributed by atoms with Crippen molar-refractivity contribution in [2.45, 2.75) is 33.1 Å². The number of ether oxygens (including phenoxy) is 1. The Kier molecular flexibility index (Phi) is 9.56. The summed E-state index contributed by atoms with van der Waals surface area (Å²) in [5.41, 5.74) is 2.53. The molecule has 0 saturated carbocycles. The highest BCUT2D eigenvalue weighted by Gasteiger charge is 2.28. The Bertz CT molecular complexity index is 777. The lowest BCUT2D eigenvalue weighted by atomic mass is 10.1. The SMILES string of the molecule is CN=C(NCCn1cc(C)cn1)NCc1ccc(C)cc1OCC(F)(F)F.I. The summed E-state index contributed by atoms with van der Waals surface area (Å²) in [6.07, 6.45) is -0.654. The third kappa shape index (κ3) is 8.36. The van der Waals surface area contributed by atoms with E-state index in [1.54, 1.807) is 32.3 Å². The van der Waals surface area contributed by atoms with Crippen molar-refractivity contribution >= 4 is 29.9 Å². The van der Waals surface area contributed by atoms with Crippen LogP contribution < -0.4 is 15.4 Å². The number of rotatable bonds is 7. The van der Waals surface area contributed by atoms with Crippen LogP contribution in [-0.2, 0) is 13.1 Å². The van der Waals surface area contributed by atoms with Gasteiger partial charge < -0.3 is 15.4 Å². The number of halogens is 4. The first-order valence-corrected chi connectivity index (χ1v) is 8.49. The summed E-state index contributed by atoms with van der Waals surface area (Å²) < 4.78 is 44.1. The summed E-state index contributed by atoms with van der Waals surface area (Å²) in [7, 11) is 1.63. The fourth-order valence-electron chi connectivity index (χ4n) is 2.38. The number of benzene rings is 1. The predicted octanol–water partition coefficient (Wildman–Crippen LogP) is 3.42. The van der Waals surface area contributed by atoms with Crippen LogP contribution in [0.15, 0.2) is 35.6 Å². The van der Waals surface area contributed by atoms with E-state index < -0.39 is 12.8 Å². The molecule has 2 N–H and O–H groups in total. The molecule has 1 aromatic carbocycles. The molecule has 2 rings (SSSR count). The van der Waals surface area contributed by atoms with Crippen molar-refractivity contribution in [2.24, 2.45) is 4.99 Å². The van der Waals surface area contributed by atoms with Crippen LogP contribution in [0.1, 0.15) is 16.7 Å². The molecule has 10 heteroatoms. The van der Waals surface area contributed by atoms with E-state index in [-0.39, 0.29) is 36.3 Å². The number of nitrogens with one attached hydrogen (secondary N) is 2. The van der Waals surface area contributed by atoms with E-state index in [0.717, 1.165) is 11.1 Å². The standard InChI is InChI=1S/C18H24F3N5O.HI/c1-13-4-5-15(16(8-13)27-12-18(19,20)21)10-24-17(22-3)23-6-7-26-11-14(2)9-25-26;/h4-5,8-9,11H,6-7,10,12H2,1-3H3,(H2,22,23,24);1H. The Morgan fingerprint density at radius 1 is 1.21 bits per heavy atom. The highest BCUT2D eigenvalue weighted by atomic mass is 127. The van der Waals surface area contributed by atoms with Crippen molar-refractivity contribution in [2.75, 3.05) is 20.2 Å². The Labute approximate surface area is 179 Å². The van der Waals surface area contributed by atoms with E-state index in [4.69, 9.17) is 4.74 Å². The lowest BCUT2D eigenvalue weighted by molar-refractivity contribution is -0.153. The zero-order chi connectivity index (χ0) is 19.9. The summed E-state index contributed by atoms with van der Waals surface area (Å²) >= 11 is 0. The van der Waals surface area contributed by atoms with Crippen molar-refractivity contribution < 1.29 is 17.9 Å². The molecular formula is C18H25F3IN5O. The molecule has 156 valence electrons. The van der Waals surface area contributed by atoms with Gasteiger partial charge in [-0.05, 0) is 31.0 Å². The molecule has 0 aliphatic rings. The smallest absolute Gasteiger partial charge is 0.422 e. The topological polar surface area (TPSA) is 63.5 Å². The van der Waals surface area contributed by atoms with Crippen LogP contribution in [0.5, 0.6) is 5.75 Å². The van der Waals surface area contributed by atoms with Crippen LogP contribution in [0.25, 0.3) is 0 Å². The second-order valence-corrected chi connectivity index (χ2v) is 6.15. The maximum Gasteiger partial charge on any atom is 0.422 e. The van der Waals surface area contributed by atoms with E-state index in [1.165, 1.54) is 0 Å². The van der Waals surface area contributed by atoms with E-state index in [2.05, 4.69) is 20.7 Å². The summed E-state index contributed by atoms with van der Waals surface area (Å²) in [5, 5.41) is 10.4. The van der Waals surface area contributed by atoms with E-state index in [1.807, 2.05) is 23.9 Å². The van der Waals surface area contributed by atoms with E-state index in [0.29, 0.717) is 24.6 Å². The second-order valence-electron chi connectivity index (χ2n) is 6.15. The van der Waals surface area contributed by atoms with Gasteiger partial charge in [0.1, 0.15) is 5.75 Å². The van der Waals surface area contributed by atoms with Crippen molar-refractivity contribution in [3.63, 3.8) is 0 Å². The van der Waals surface area contributed by atoms with Crippen molar-refractivity contribution in [3.05, 3.63) is 47.3 Å². The molecule has 0 amide bonds. The van der Waals surface area contributed by atoms with Gasteiger partial charge in [0.05, 0.1) is 12.7 Å². The first kappa shape index (κ1) is 24.1. The van der Waals surface area contributed by atoms with Gasteiger partial charge in [0.2, 0.25) is 0 Å². The minimum atomic E-state index is -4.38. The highest BCUT2D eigenvalue weighted by molar-refractivity contribution is 14.0. The molecule has 6 nitrogen and oxygen atoms in total. The Hall–Kier alpha value is -1.98. The summed E-state index contributed by atoms with van der Waals surface area (Å²) in [5.74, 6) is 0.753. The molecule has 0 fully saturated rings. The number of hydrogen-bond donors (Lipinski definition) is 2. The second kappa shape index (κ2) is 11.1. The van der Waals surface area contributed by atoms with Crippen LogP contribution in [0.4, 0.5) is 13.2 Å². The zero-order valence-electron chi connectivity index (χ0n) is 16.0. The van der Waals surface area contributed by atoms with Gasteiger partial charge in [0.15, 0.2) is 12.6 Å². The number of hydrogen-bond acceptors (Lipinski definition) is 3. The van der Waals surface area contributed by atoms with Crippen LogP contribution in [0.2, 0.25) is 0 Å². The minimum Gasteiger partial charge on any atom is -0.484 e. The molecule has 0 bridgehead atoms. The van der Waals surface area contributed by atoms with Gasteiger partial charge in [-0.1, -0.05) is 12.1 Å². The van der Waals surface area contributed by atoms with Gasteiger partial charge in [-0.2, -0.15) is 18.3 Å². The number of aromatic nitrogens is 2. The average Bonchev–Trinajstić information content (AvgIpc) is 3.01. The number of aliphatic imine (C=N–C) groups is 1. The third-order valence-electron chi connectivity index (χ3n) is 3.68. The molecule has 0 spiro atoms. The van der Waals surface area contributed by atoms with Gasteiger partial charge >= 0.3 is 6.18 Å². The lowest BCUT2D eigenvalue weighted by Gasteiger charge is -2.16. The number of aryl methyl sites for hydroxylation is 2. The summed E-state index contributed by atoms with van der Waals surface area (Å²) in [6.45, 7) is 4.01. The van der Waals surface area contributed by atoms with E-state index in [9.17, 15) is 13.2 Å². The normalized spacial score (nSPS) is 11.7. The lowest BCUT2D eigenvalue weighted by Crippen LogP contribution is -2.38. The predicted molar refractivity (Wildman–Crippen MR) is 113 cm³/mol. The highest BCUT2D eigenvalue weighted by Crippen LogP contribution is 2.23. The molecule has 0 aliphatic heterocycles. The molecule has 0 atom stereocenters.